The zero-order chi connectivity index (χ0) is 13.9. The lowest BCUT2D eigenvalue weighted by Crippen LogP contribution is -2.43. The molecule has 5 heteroatoms. The summed E-state index contributed by atoms with van der Waals surface area (Å²) in [6.07, 6.45) is 7.19. The Balaban J connectivity index is 1.58. The molecule has 112 valence electrons. The molecule has 0 aliphatic carbocycles. The first-order chi connectivity index (χ1) is 9.72. The van der Waals surface area contributed by atoms with Crippen molar-refractivity contribution in [3.05, 3.63) is 11.7 Å². The summed E-state index contributed by atoms with van der Waals surface area (Å²) in [4.78, 5) is 7.02. The Labute approximate surface area is 120 Å². The summed E-state index contributed by atoms with van der Waals surface area (Å²) in [5, 5.41) is 4.10. The second-order valence-corrected chi connectivity index (χ2v) is 6.24. The van der Waals surface area contributed by atoms with Crippen LogP contribution in [0.25, 0.3) is 0 Å². The van der Waals surface area contributed by atoms with Crippen molar-refractivity contribution < 1.29 is 9.26 Å². The number of piperidine rings is 1. The van der Waals surface area contributed by atoms with Crippen LogP contribution in [0.4, 0.5) is 0 Å². The lowest BCUT2D eigenvalue weighted by Gasteiger charge is -2.37. The SMILES string of the molecule is C[C@@H]1CCC[C@H](C)N1Cc1nc(C[C@H]2CCCO2)no1. The number of aromatic nitrogens is 2. The van der Waals surface area contributed by atoms with Gasteiger partial charge in [0.2, 0.25) is 5.89 Å². The maximum atomic E-state index is 5.62. The standard InChI is InChI=1S/C15H25N3O2/c1-11-5-3-6-12(2)18(11)10-15-16-14(17-20-15)9-13-7-4-8-19-13/h11-13H,3-10H2,1-2H3/t11-,12+,13-/m1/s1. The molecular weight excluding hydrogens is 254 g/mol. The van der Waals surface area contributed by atoms with E-state index in [0.717, 1.165) is 44.1 Å². The first-order valence-corrected chi connectivity index (χ1v) is 7.91. The van der Waals surface area contributed by atoms with Gasteiger partial charge in [-0.1, -0.05) is 11.6 Å². The molecule has 2 aliphatic rings. The highest BCUT2D eigenvalue weighted by atomic mass is 16.5. The van der Waals surface area contributed by atoms with Gasteiger partial charge in [0.25, 0.3) is 0 Å². The Bertz CT molecular complexity index is 419. The van der Waals surface area contributed by atoms with Crippen molar-refractivity contribution in [2.75, 3.05) is 6.61 Å². The van der Waals surface area contributed by atoms with Crippen molar-refractivity contribution in [1.29, 1.82) is 0 Å². The molecule has 0 N–H and O–H groups in total. The van der Waals surface area contributed by atoms with Crippen molar-refractivity contribution in [2.45, 2.75) is 77.1 Å². The van der Waals surface area contributed by atoms with E-state index in [9.17, 15) is 0 Å². The van der Waals surface area contributed by atoms with E-state index in [2.05, 4.69) is 28.9 Å². The summed E-state index contributed by atoms with van der Waals surface area (Å²) in [5.74, 6) is 1.54. The van der Waals surface area contributed by atoms with Crippen LogP contribution < -0.4 is 0 Å². The van der Waals surface area contributed by atoms with Gasteiger partial charge < -0.3 is 9.26 Å². The molecular formula is C15H25N3O2. The third-order valence-corrected chi connectivity index (χ3v) is 4.64. The van der Waals surface area contributed by atoms with Crippen LogP contribution in [0.15, 0.2) is 4.52 Å². The van der Waals surface area contributed by atoms with Gasteiger partial charge in [-0.25, -0.2) is 0 Å². The number of ether oxygens (including phenoxy) is 1. The highest BCUT2D eigenvalue weighted by Crippen LogP contribution is 2.24. The monoisotopic (exact) mass is 279 g/mol. The number of rotatable bonds is 4. The summed E-state index contributed by atoms with van der Waals surface area (Å²) in [5.41, 5.74) is 0. The average Bonchev–Trinajstić information content (AvgIpc) is 3.07. The van der Waals surface area contributed by atoms with E-state index in [0.29, 0.717) is 12.1 Å². The molecule has 3 heterocycles. The average molecular weight is 279 g/mol. The molecule has 0 radical (unpaired) electrons. The van der Waals surface area contributed by atoms with Gasteiger partial charge in [-0.3, -0.25) is 4.90 Å². The maximum Gasteiger partial charge on any atom is 0.240 e. The summed E-state index contributed by atoms with van der Waals surface area (Å²) < 4.78 is 11.0. The molecule has 0 bridgehead atoms. The van der Waals surface area contributed by atoms with Crippen LogP contribution >= 0.6 is 0 Å². The van der Waals surface area contributed by atoms with E-state index < -0.39 is 0 Å². The molecule has 2 saturated heterocycles. The molecule has 20 heavy (non-hydrogen) atoms. The Kier molecular flexibility index (Phi) is 4.36. The van der Waals surface area contributed by atoms with E-state index in [-0.39, 0.29) is 6.10 Å². The molecule has 0 saturated carbocycles. The third kappa shape index (κ3) is 3.20. The summed E-state index contributed by atoms with van der Waals surface area (Å²) in [7, 11) is 0. The fourth-order valence-electron chi connectivity index (χ4n) is 3.39. The van der Waals surface area contributed by atoms with E-state index in [1.165, 1.54) is 19.3 Å². The second-order valence-electron chi connectivity index (χ2n) is 6.24. The predicted molar refractivity (Wildman–Crippen MR) is 75.3 cm³/mol. The highest BCUT2D eigenvalue weighted by Gasteiger charge is 2.26. The first-order valence-electron chi connectivity index (χ1n) is 7.91. The highest BCUT2D eigenvalue weighted by molar-refractivity contribution is 4.92. The quantitative estimate of drug-likeness (QED) is 0.847. The Morgan fingerprint density at radius 2 is 1.95 bits per heavy atom. The fourth-order valence-corrected chi connectivity index (χ4v) is 3.39. The van der Waals surface area contributed by atoms with Crippen LogP contribution in [0, 0.1) is 0 Å². The van der Waals surface area contributed by atoms with Crippen molar-refractivity contribution in [1.82, 2.24) is 15.0 Å². The van der Waals surface area contributed by atoms with Crippen molar-refractivity contribution in [2.24, 2.45) is 0 Å². The summed E-state index contributed by atoms with van der Waals surface area (Å²) in [6.45, 7) is 6.23. The third-order valence-electron chi connectivity index (χ3n) is 4.64. The number of hydrogen-bond acceptors (Lipinski definition) is 5. The first kappa shape index (κ1) is 14.0. The molecule has 0 amide bonds. The predicted octanol–water partition coefficient (Wildman–Crippen LogP) is 2.55. The molecule has 5 nitrogen and oxygen atoms in total. The Morgan fingerprint density at radius 1 is 1.15 bits per heavy atom. The van der Waals surface area contributed by atoms with Gasteiger partial charge in [-0.2, -0.15) is 4.98 Å². The lowest BCUT2D eigenvalue weighted by molar-refractivity contribution is 0.0825. The van der Waals surface area contributed by atoms with Crippen molar-refractivity contribution in [3.63, 3.8) is 0 Å². The Morgan fingerprint density at radius 3 is 2.65 bits per heavy atom. The van der Waals surface area contributed by atoms with Gasteiger partial charge in [0.05, 0.1) is 12.6 Å². The Hall–Kier alpha value is -0.940. The molecule has 1 aromatic heterocycles. The molecule has 2 fully saturated rings. The number of hydrogen-bond donors (Lipinski definition) is 0. The van der Waals surface area contributed by atoms with Crippen LogP contribution in [0.5, 0.6) is 0 Å². The zero-order valence-electron chi connectivity index (χ0n) is 12.5. The van der Waals surface area contributed by atoms with Gasteiger partial charge in [-0.05, 0) is 39.5 Å². The summed E-state index contributed by atoms with van der Waals surface area (Å²) in [6, 6.07) is 1.21. The van der Waals surface area contributed by atoms with Gasteiger partial charge in [0, 0.05) is 25.1 Å². The molecule has 3 rings (SSSR count). The molecule has 0 aromatic carbocycles. The van der Waals surface area contributed by atoms with E-state index in [1.54, 1.807) is 0 Å². The van der Waals surface area contributed by atoms with Gasteiger partial charge in [0.1, 0.15) is 0 Å². The van der Waals surface area contributed by atoms with Crippen LogP contribution in [-0.4, -0.2) is 39.8 Å². The number of nitrogens with zero attached hydrogens (tertiary/aromatic N) is 3. The summed E-state index contributed by atoms with van der Waals surface area (Å²) >= 11 is 0. The fraction of sp³-hybridized carbons (Fsp3) is 0.867. The minimum atomic E-state index is 0.285. The van der Waals surface area contributed by atoms with Crippen LogP contribution in [0.1, 0.15) is 57.7 Å². The minimum absolute atomic E-state index is 0.285. The molecule has 0 spiro atoms. The molecule has 3 atom stereocenters. The van der Waals surface area contributed by atoms with Gasteiger partial charge >= 0.3 is 0 Å². The van der Waals surface area contributed by atoms with E-state index >= 15 is 0 Å². The normalized spacial score (nSPS) is 31.8. The van der Waals surface area contributed by atoms with Crippen molar-refractivity contribution in [3.8, 4) is 0 Å². The smallest absolute Gasteiger partial charge is 0.240 e. The van der Waals surface area contributed by atoms with Crippen LogP contribution in [0.2, 0.25) is 0 Å². The second kappa shape index (κ2) is 6.22. The van der Waals surface area contributed by atoms with Crippen LogP contribution in [0.3, 0.4) is 0 Å². The topological polar surface area (TPSA) is 51.4 Å². The molecule has 1 aromatic rings. The van der Waals surface area contributed by atoms with E-state index in [1.807, 2.05) is 0 Å². The number of likely N-dealkylation sites (tertiary alicyclic amines) is 1. The van der Waals surface area contributed by atoms with Gasteiger partial charge in [-0.15, -0.1) is 0 Å². The van der Waals surface area contributed by atoms with Gasteiger partial charge in [0.15, 0.2) is 5.82 Å². The van der Waals surface area contributed by atoms with Crippen molar-refractivity contribution >= 4 is 0 Å². The largest absolute Gasteiger partial charge is 0.378 e. The zero-order valence-corrected chi connectivity index (χ0v) is 12.5. The van der Waals surface area contributed by atoms with Crippen LogP contribution in [-0.2, 0) is 17.7 Å². The maximum absolute atomic E-state index is 5.62. The minimum Gasteiger partial charge on any atom is -0.378 e. The van der Waals surface area contributed by atoms with E-state index in [4.69, 9.17) is 9.26 Å². The molecule has 0 unspecified atom stereocenters. The lowest BCUT2D eigenvalue weighted by atomic mass is 9.98. The molecule has 2 aliphatic heterocycles.